The van der Waals surface area contributed by atoms with E-state index in [1.54, 1.807) is 6.92 Å². The van der Waals surface area contributed by atoms with Gasteiger partial charge in [-0.3, -0.25) is 4.79 Å². The molecule has 0 radical (unpaired) electrons. The van der Waals surface area contributed by atoms with Crippen LogP contribution in [0, 0.1) is 11.3 Å². The van der Waals surface area contributed by atoms with Gasteiger partial charge in [0.15, 0.2) is 0 Å². The van der Waals surface area contributed by atoms with Crippen LogP contribution in [0.1, 0.15) is 26.7 Å². The van der Waals surface area contributed by atoms with Crippen LogP contribution >= 0.6 is 11.6 Å². The van der Waals surface area contributed by atoms with Gasteiger partial charge in [-0.15, -0.1) is 0 Å². The summed E-state index contributed by atoms with van der Waals surface area (Å²) >= 11 is 6.02. The largest absolute Gasteiger partial charge is 0.481 e. The number of rotatable bonds is 4. The van der Waals surface area contributed by atoms with Crippen LogP contribution in [0.4, 0.5) is 0 Å². The molecule has 2 unspecified atom stereocenters. The van der Waals surface area contributed by atoms with Gasteiger partial charge in [-0.2, -0.15) is 0 Å². The summed E-state index contributed by atoms with van der Waals surface area (Å²) < 4.78 is 0. The molecule has 5 heteroatoms. The second-order valence-corrected chi connectivity index (χ2v) is 4.60. The lowest BCUT2D eigenvalue weighted by atomic mass is 9.67. The van der Waals surface area contributed by atoms with E-state index < -0.39 is 23.3 Å². The maximum absolute atomic E-state index is 11.5. The van der Waals surface area contributed by atoms with Crippen LogP contribution in [0.2, 0.25) is 0 Å². The molecule has 2 N–H and O–H groups in total. The van der Waals surface area contributed by atoms with Crippen molar-refractivity contribution in [2.45, 2.75) is 26.7 Å². The van der Waals surface area contributed by atoms with Crippen molar-refractivity contribution < 1.29 is 19.8 Å². The monoisotopic (exact) mass is 258 g/mol. The molecule has 0 amide bonds. The molecule has 94 valence electrons. The van der Waals surface area contributed by atoms with Crippen molar-refractivity contribution in [1.29, 1.82) is 0 Å². The summed E-state index contributed by atoms with van der Waals surface area (Å²) in [6.07, 6.45) is 3.71. The van der Waals surface area contributed by atoms with Crippen LogP contribution in [0.3, 0.4) is 0 Å². The number of allylic oxidation sites excluding steroid dienone is 2. The highest BCUT2D eigenvalue weighted by molar-refractivity contribution is 6.32. The highest BCUT2D eigenvalue weighted by Gasteiger charge is 2.49. The summed E-state index contributed by atoms with van der Waals surface area (Å²) in [7, 11) is 0. The molecule has 2 atom stereocenters. The smallest absolute Gasteiger partial charge is 0.331 e. The van der Waals surface area contributed by atoms with Gasteiger partial charge in [0.05, 0.1) is 0 Å². The third kappa shape index (κ3) is 2.09. The van der Waals surface area contributed by atoms with Gasteiger partial charge >= 0.3 is 11.9 Å². The predicted octanol–water partition coefficient (Wildman–Crippen LogP) is 2.64. The molecule has 0 fully saturated rings. The van der Waals surface area contributed by atoms with Crippen LogP contribution in [0.25, 0.3) is 0 Å². The average molecular weight is 259 g/mol. The molecule has 0 saturated carbocycles. The van der Waals surface area contributed by atoms with Gasteiger partial charge in [0.1, 0.15) is 5.41 Å². The van der Waals surface area contributed by atoms with E-state index in [1.807, 2.05) is 6.92 Å². The highest BCUT2D eigenvalue weighted by Crippen LogP contribution is 2.48. The number of carbonyl (C=O) groups is 2. The van der Waals surface area contributed by atoms with Crippen molar-refractivity contribution in [2.24, 2.45) is 11.3 Å². The number of hydrogen-bond donors (Lipinski definition) is 2. The Morgan fingerprint density at radius 1 is 1.41 bits per heavy atom. The van der Waals surface area contributed by atoms with Crippen LogP contribution in [-0.4, -0.2) is 22.2 Å². The molecule has 0 bridgehead atoms. The lowest BCUT2D eigenvalue weighted by molar-refractivity contribution is -0.149. The van der Waals surface area contributed by atoms with Crippen molar-refractivity contribution >= 4 is 23.5 Å². The second kappa shape index (κ2) is 4.92. The molecule has 0 aromatic heterocycles. The Morgan fingerprint density at radius 3 is 2.41 bits per heavy atom. The first-order valence-electron chi connectivity index (χ1n) is 5.42. The van der Waals surface area contributed by atoms with Gasteiger partial charge in [0, 0.05) is 16.5 Å². The zero-order valence-corrected chi connectivity index (χ0v) is 10.5. The summed E-state index contributed by atoms with van der Waals surface area (Å²) in [6, 6.07) is 0. The third-order valence-corrected chi connectivity index (χ3v) is 3.78. The quantitative estimate of drug-likeness (QED) is 0.813. The highest BCUT2D eigenvalue weighted by atomic mass is 35.5. The number of carboxylic acids is 2. The van der Waals surface area contributed by atoms with Gasteiger partial charge < -0.3 is 10.2 Å². The molecule has 0 aromatic carbocycles. The lowest BCUT2D eigenvalue weighted by Crippen LogP contribution is -2.41. The molecule has 1 aliphatic rings. The van der Waals surface area contributed by atoms with Gasteiger partial charge in [-0.1, -0.05) is 37.9 Å². The van der Waals surface area contributed by atoms with Gasteiger partial charge in [0.2, 0.25) is 0 Å². The first kappa shape index (κ1) is 13.8. The van der Waals surface area contributed by atoms with E-state index in [1.165, 1.54) is 12.2 Å². The normalized spacial score (nSPS) is 28.3. The Bertz CT molecular complexity index is 411. The molecule has 0 saturated heterocycles. The Hall–Kier alpha value is -1.29. The summed E-state index contributed by atoms with van der Waals surface area (Å²) in [5.41, 5.74) is -1.22. The fourth-order valence-corrected chi connectivity index (χ4v) is 2.71. The lowest BCUT2D eigenvalue weighted by Gasteiger charge is -2.37. The molecule has 0 spiro atoms. The van der Waals surface area contributed by atoms with Crippen LogP contribution in [-0.2, 0) is 9.59 Å². The number of aliphatic carboxylic acids is 2. The fourth-order valence-electron chi connectivity index (χ4n) is 2.31. The van der Waals surface area contributed by atoms with Crippen molar-refractivity contribution in [1.82, 2.24) is 0 Å². The minimum absolute atomic E-state index is 0.0882. The van der Waals surface area contributed by atoms with Crippen LogP contribution in [0.5, 0.6) is 0 Å². The summed E-state index contributed by atoms with van der Waals surface area (Å²) in [6.45, 7) is 3.44. The van der Waals surface area contributed by atoms with E-state index in [-0.39, 0.29) is 10.6 Å². The molecular weight excluding hydrogens is 244 g/mol. The first-order valence-corrected chi connectivity index (χ1v) is 5.80. The molecule has 0 aromatic rings. The van der Waals surface area contributed by atoms with E-state index in [2.05, 4.69) is 0 Å². The zero-order chi connectivity index (χ0) is 13.2. The molecule has 1 rings (SSSR count). The molecular formula is C12H15ClO4. The van der Waals surface area contributed by atoms with Crippen molar-refractivity contribution in [2.75, 3.05) is 0 Å². The molecule has 1 aliphatic carbocycles. The van der Waals surface area contributed by atoms with Gasteiger partial charge in [0.25, 0.3) is 0 Å². The zero-order valence-electron chi connectivity index (χ0n) is 9.74. The van der Waals surface area contributed by atoms with Crippen molar-refractivity contribution in [3.05, 3.63) is 22.8 Å². The van der Waals surface area contributed by atoms with Gasteiger partial charge in [-0.05, 0) is 12.5 Å². The average Bonchev–Trinajstić information content (AvgIpc) is 2.23. The second-order valence-electron chi connectivity index (χ2n) is 4.19. The molecule has 4 nitrogen and oxygen atoms in total. The van der Waals surface area contributed by atoms with Crippen molar-refractivity contribution in [3.63, 3.8) is 0 Å². The molecule has 0 aliphatic heterocycles. The Kier molecular flexibility index (Phi) is 3.98. The molecule has 17 heavy (non-hydrogen) atoms. The van der Waals surface area contributed by atoms with E-state index in [4.69, 9.17) is 16.7 Å². The Morgan fingerprint density at radius 2 is 2.00 bits per heavy atom. The maximum Gasteiger partial charge on any atom is 0.331 e. The molecule has 0 heterocycles. The summed E-state index contributed by atoms with van der Waals surface area (Å²) in [5, 5.41) is 18.7. The standard InChI is InChI=1S/C12H15ClO4/c1-3-6-12(11(16)17)7(2)8(10(14)15)4-5-9(12)13/h4-5,7H,3,6H2,1-2H3,(H,14,15)(H,16,17). The van der Waals surface area contributed by atoms with E-state index in [0.29, 0.717) is 12.8 Å². The first-order chi connectivity index (χ1) is 7.87. The van der Waals surface area contributed by atoms with Crippen LogP contribution < -0.4 is 0 Å². The van der Waals surface area contributed by atoms with Gasteiger partial charge in [-0.25, -0.2) is 4.79 Å². The van der Waals surface area contributed by atoms with E-state index in [9.17, 15) is 14.7 Å². The summed E-state index contributed by atoms with van der Waals surface area (Å²) in [5.74, 6) is -2.81. The third-order valence-electron chi connectivity index (χ3n) is 3.31. The fraction of sp³-hybridized carbons (Fsp3) is 0.500. The number of hydrogen-bond acceptors (Lipinski definition) is 2. The summed E-state index contributed by atoms with van der Waals surface area (Å²) in [4.78, 5) is 22.6. The van der Waals surface area contributed by atoms with E-state index in [0.717, 1.165) is 0 Å². The van der Waals surface area contributed by atoms with E-state index >= 15 is 0 Å². The predicted molar refractivity (Wildman–Crippen MR) is 63.8 cm³/mol. The minimum Gasteiger partial charge on any atom is -0.481 e. The van der Waals surface area contributed by atoms with Crippen molar-refractivity contribution in [3.8, 4) is 0 Å². The minimum atomic E-state index is -1.31. The topological polar surface area (TPSA) is 74.6 Å². The Labute approximate surface area is 105 Å². The maximum atomic E-state index is 11.5. The van der Waals surface area contributed by atoms with Crippen LogP contribution in [0.15, 0.2) is 22.8 Å². The number of halogens is 1. The SMILES string of the molecule is CCCC1(C(=O)O)C(Cl)=CC=C(C(=O)O)C1C. The Balaban J connectivity index is 3.32. The number of carboxylic acid groups (broad SMARTS) is 2.